The SMILES string of the molecule is I.NC(=NCc1cccc(C(F)(F)F)c1)NCC1CCOc2ccccc21. The van der Waals surface area contributed by atoms with E-state index in [0.29, 0.717) is 18.7 Å². The number of halogens is 4. The van der Waals surface area contributed by atoms with E-state index in [-0.39, 0.29) is 42.4 Å². The quantitative estimate of drug-likeness (QED) is 0.381. The van der Waals surface area contributed by atoms with Crippen molar-refractivity contribution in [3.05, 3.63) is 65.2 Å². The van der Waals surface area contributed by atoms with Crippen LogP contribution in [0.5, 0.6) is 5.75 Å². The molecule has 4 nitrogen and oxygen atoms in total. The fourth-order valence-corrected chi connectivity index (χ4v) is 2.93. The Morgan fingerprint density at radius 2 is 1.96 bits per heavy atom. The van der Waals surface area contributed by atoms with Gasteiger partial charge in [-0.05, 0) is 35.7 Å². The molecule has 1 aliphatic heterocycles. The molecule has 0 bridgehead atoms. The summed E-state index contributed by atoms with van der Waals surface area (Å²) in [5, 5.41) is 3.06. The van der Waals surface area contributed by atoms with E-state index in [2.05, 4.69) is 10.3 Å². The van der Waals surface area contributed by atoms with Crippen LogP contribution in [0.2, 0.25) is 0 Å². The first-order chi connectivity index (χ1) is 12.4. The third-order valence-corrected chi connectivity index (χ3v) is 4.30. The number of nitrogens with one attached hydrogen (secondary N) is 1. The fourth-order valence-electron chi connectivity index (χ4n) is 2.93. The van der Waals surface area contributed by atoms with Crippen molar-refractivity contribution in [3.8, 4) is 5.75 Å². The fraction of sp³-hybridized carbons (Fsp3) is 0.316. The van der Waals surface area contributed by atoms with Crippen LogP contribution in [0.25, 0.3) is 0 Å². The minimum absolute atomic E-state index is 0. The van der Waals surface area contributed by atoms with Gasteiger partial charge in [-0.3, -0.25) is 0 Å². The van der Waals surface area contributed by atoms with Crippen LogP contribution in [-0.4, -0.2) is 19.1 Å². The van der Waals surface area contributed by atoms with Crippen LogP contribution >= 0.6 is 24.0 Å². The van der Waals surface area contributed by atoms with Gasteiger partial charge in [0.15, 0.2) is 5.96 Å². The standard InChI is InChI=1S/C19H20F3N3O.HI/c20-19(21,22)15-5-3-4-13(10-15)11-24-18(23)25-12-14-8-9-26-17-7-2-1-6-16(14)17;/h1-7,10,14H,8-9,11-12H2,(H3,23,24,25);1H. The molecule has 2 aromatic rings. The lowest BCUT2D eigenvalue weighted by Gasteiger charge is -2.26. The highest BCUT2D eigenvalue weighted by Gasteiger charge is 2.30. The zero-order chi connectivity index (χ0) is 18.6. The number of guanidine groups is 1. The van der Waals surface area contributed by atoms with Gasteiger partial charge in [0.1, 0.15) is 5.75 Å². The summed E-state index contributed by atoms with van der Waals surface area (Å²) >= 11 is 0. The number of fused-ring (bicyclic) bond motifs is 1. The van der Waals surface area contributed by atoms with Crippen LogP contribution in [0, 0.1) is 0 Å². The number of hydrogen-bond donors (Lipinski definition) is 2. The van der Waals surface area contributed by atoms with Crippen molar-refractivity contribution in [2.75, 3.05) is 13.2 Å². The molecule has 3 N–H and O–H groups in total. The highest BCUT2D eigenvalue weighted by molar-refractivity contribution is 14.0. The zero-order valence-electron chi connectivity index (χ0n) is 14.5. The molecule has 0 saturated carbocycles. The van der Waals surface area contributed by atoms with E-state index in [4.69, 9.17) is 10.5 Å². The molecule has 0 spiro atoms. The van der Waals surface area contributed by atoms with E-state index in [1.165, 1.54) is 6.07 Å². The zero-order valence-corrected chi connectivity index (χ0v) is 16.8. The summed E-state index contributed by atoms with van der Waals surface area (Å²) in [6.07, 6.45) is -3.50. The Morgan fingerprint density at radius 3 is 2.74 bits per heavy atom. The average molecular weight is 491 g/mol. The second kappa shape index (κ2) is 9.29. The Morgan fingerprint density at radius 1 is 1.19 bits per heavy atom. The average Bonchev–Trinajstić information content (AvgIpc) is 2.64. The van der Waals surface area contributed by atoms with Crippen molar-refractivity contribution < 1.29 is 17.9 Å². The number of ether oxygens (including phenoxy) is 1. The number of hydrogen-bond acceptors (Lipinski definition) is 2. The van der Waals surface area contributed by atoms with Gasteiger partial charge in [0.05, 0.1) is 18.7 Å². The van der Waals surface area contributed by atoms with Gasteiger partial charge in [-0.25, -0.2) is 4.99 Å². The lowest BCUT2D eigenvalue weighted by atomic mass is 9.93. The summed E-state index contributed by atoms with van der Waals surface area (Å²) in [7, 11) is 0. The van der Waals surface area contributed by atoms with Gasteiger partial charge >= 0.3 is 6.18 Å². The van der Waals surface area contributed by atoms with Crippen LogP contribution in [0.4, 0.5) is 13.2 Å². The lowest BCUT2D eigenvalue weighted by molar-refractivity contribution is -0.137. The molecule has 1 aliphatic rings. The Bertz CT molecular complexity index is 796. The minimum atomic E-state index is -4.36. The van der Waals surface area contributed by atoms with Crippen molar-refractivity contribution in [1.29, 1.82) is 0 Å². The maximum Gasteiger partial charge on any atom is 0.416 e. The van der Waals surface area contributed by atoms with E-state index in [9.17, 15) is 13.2 Å². The maximum atomic E-state index is 12.7. The molecule has 1 atom stereocenters. The topological polar surface area (TPSA) is 59.6 Å². The van der Waals surface area contributed by atoms with Crippen molar-refractivity contribution in [2.24, 2.45) is 10.7 Å². The third kappa shape index (κ3) is 5.75. The van der Waals surface area contributed by atoms with Gasteiger partial charge in [-0.2, -0.15) is 13.2 Å². The highest BCUT2D eigenvalue weighted by Crippen LogP contribution is 2.32. The Hall–Kier alpha value is -1.97. The van der Waals surface area contributed by atoms with Crippen molar-refractivity contribution >= 4 is 29.9 Å². The summed E-state index contributed by atoms with van der Waals surface area (Å²) in [4.78, 5) is 4.14. The lowest BCUT2D eigenvalue weighted by Crippen LogP contribution is -2.36. The Labute approximate surface area is 173 Å². The van der Waals surface area contributed by atoms with E-state index in [0.717, 1.165) is 29.9 Å². The molecule has 0 radical (unpaired) electrons. The molecule has 2 aromatic carbocycles. The summed E-state index contributed by atoms with van der Waals surface area (Å²) in [5.74, 6) is 1.35. The van der Waals surface area contributed by atoms with E-state index < -0.39 is 11.7 Å². The molecular weight excluding hydrogens is 470 g/mol. The number of para-hydroxylation sites is 1. The number of benzene rings is 2. The molecule has 8 heteroatoms. The van der Waals surface area contributed by atoms with Gasteiger partial charge in [-0.1, -0.05) is 30.3 Å². The van der Waals surface area contributed by atoms with E-state index >= 15 is 0 Å². The summed E-state index contributed by atoms with van der Waals surface area (Å²) in [6.45, 7) is 1.33. The number of rotatable bonds is 4. The molecule has 0 aromatic heterocycles. The Balaban J connectivity index is 0.00000261. The molecule has 0 amide bonds. The molecule has 1 unspecified atom stereocenters. The van der Waals surface area contributed by atoms with Gasteiger partial charge < -0.3 is 15.8 Å². The van der Waals surface area contributed by atoms with E-state index in [1.54, 1.807) is 6.07 Å². The first-order valence-corrected chi connectivity index (χ1v) is 8.35. The summed E-state index contributed by atoms with van der Waals surface area (Å²) in [5.41, 5.74) is 6.76. The highest BCUT2D eigenvalue weighted by atomic mass is 127. The van der Waals surface area contributed by atoms with Crippen LogP contribution < -0.4 is 15.8 Å². The van der Waals surface area contributed by atoms with Crippen molar-refractivity contribution in [1.82, 2.24) is 5.32 Å². The number of nitrogens with zero attached hydrogens (tertiary/aromatic N) is 1. The molecule has 146 valence electrons. The Kier molecular flexibility index (Phi) is 7.34. The molecule has 0 saturated heterocycles. The third-order valence-electron chi connectivity index (χ3n) is 4.30. The number of nitrogens with two attached hydrogens (primary N) is 1. The van der Waals surface area contributed by atoms with Crippen LogP contribution in [-0.2, 0) is 12.7 Å². The van der Waals surface area contributed by atoms with Gasteiger partial charge in [-0.15, -0.1) is 24.0 Å². The number of alkyl halides is 3. The molecule has 1 heterocycles. The van der Waals surface area contributed by atoms with Crippen molar-refractivity contribution in [3.63, 3.8) is 0 Å². The van der Waals surface area contributed by atoms with Gasteiger partial charge in [0.25, 0.3) is 0 Å². The minimum Gasteiger partial charge on any atom is -0.493 e. The first-order valence-electron chi connectivity index (χ1n) is 8.35. The summed E-state index contributed by atoms with van der Waals surface area (Å²) in [6, 6.07) is 13.0. The van der Waals surface area contributed by atoms with Gasteiger partial charge in [0, 0.05) is 12.5 Å². The van der Waals surface area contributed by atoms with Crippen LogP contribution in [0.1, 0.15) is 29.0 Å². The molecular formula is C19H21F3IN3O. The second-order valence-electron chi connectivity index (χ2n) is 6.15. The monoisotopic (exact) mass is 491 g/mol. The molecule has 27 heavy (non-hydrogen) atoms. The largest absolute Gasteiger partial charge is 0.493 e. The first kappa shape index (κ1) is 21.3. The summed E-state index contributed by atoms with van der Waals surface area (Å²) < 4.78 is 43.8. The van der Waals surface area contributed by atoms with Crippen LogP contribution in [0.3, 0.4) is 0 Å². The van der Waals surface area contributed by atoms with E-state index in [1.807, 2.05) is 24.3 Å². The predicted octanol–water partition coefficient (Wildman–Crippen LogP) is 4.29. The van der Waals surface area contributed by atoms with Gasteiger partial charge in [0.2, 0.25) is 0 Å². The predicted molar refractivity (Wildman–Crippen MR) is 109 cm³/mol. The molecule has 3 rings (SSSR count). The van der Waals surface area contributed by atoms with Crippen LogP contribution in [0.15, 0.2) is 53.5 Å². The molecule has 0 fully saturated rings. The second-order valence-corrected chi connectivity index (χ2v) is 6.15. The molecule has 0 aliphatic carbocycles. The maximum absolute atomic E-state index is 12.7. The smallest absolute Gasteiger partial charge is 0.416 e. The van der Waals surface area contributed by atoms with Crippen molar-refractivity contribution in [2.45, 2.75) is 25.1 Å². The normalized spacial score (nSPS) is 16.7. The number of aliphatic imine (C=N–C) groups is 1.